The van der Waals surface area contributed by atoms with Crippen molar-refractivity contribution in [1.82, 2.24) is 4.90 Å². The third-order valence-corrected chi connectivity index (χ3v) is 4.79. The van der Waals surface area contributed by atoms with E-state index in [4.69, 9.17) is 0 Å². The predicted octanol–water partition coefficient (Wildman–Crippen LogP) is 4.98. The number of aryl methyl sites for hydroxylation is 2. The van der Waals surface area contributed by atoms with Crippen LogP contribution >= 0.6 is 0 Å². The van der Waals surface area contributed by atoms with Crippen LogP contribution in [-0.2, 0) is 0 Å². The summed E-state index contributed by atoms with van der Waals surface area (Å²) in [6.45, 7) is 7.03. The number of nitrogens with one attached hydrogen (secondary N) is 1. The summed E-state index contributed by atoms with van der Waals surface area (Å²) >= 11 is 0. The first-order valence-corrected chi connectivity index (χ1v) is 8.26. The molecule has 120 valence electrons. The zero-order valence-electron chi connectivity index (χ0n) is 14.1. The van der Waals surface area contributed by atoms with Crippen LogP contribution < -0.4 is 5.32 Å². The van der Waals surface area contributed by atoms with E-state index < -0.39 is 0 Å². The molecular formula is C20H24N2O. The van der Waals surface area contributed by atoms with Crippen molar-refractivity contribution in [1.29, 1.82) is 0 Å². The van der Waals surface area contributed by atoms with E-state index in [1.807, 2.05) is 24.0 Å². The van der Waals surface area contributed by atoms with Crippen LogP contribution in [0, 0.1) is 20.8 Å². The number of hydrogen-bond acceptors (Lipinski definition) is 1. The Morgan fingerprint density at radius 3 is 2.70 bits per heavy atom. The minimum Gasteiger partial charge on any atom is -0.317 e. The highest BCUT2D eigenvalue weighted by molar-refractivity contribution is 5.90. The molecule has 3 nitrogen and oxygen atoms in total. The van der Waals surface area contributed by atoms with E-state index in [0.29, 0.717) is 0 Å². The fourth-order valence-corrected chi connectivity index (χ4v) is 3.31. The number of amides is 2. The number of hydrogen-bond donors (Lipinski definition) is 1. The second kappa shape index (κ2) is 6.45. The van der Waals surface area contributed by atoms with Crippen LogP contribution in [0.3, 0.4) is 0 Å². The van der Waals surface area contributed by atoms with Crippen molar-refractivity contribution >= 4 is 11.7 Å². The number of likely N-dealkylation sites (tertiary alicyclic amines) is 1. The summed E-state index contributed by atoms with van der Waals surface area (Å²) in [5.74, 6) is 0. The van der Waals surface area contributed by atoms with Gasteiger partial charge < -0.3 is 10.2 Å². The molecule has 3 heteroatoms. The van der Waals surface area contributed by atoms with Crippen molar-refractivity contribution in [2.75, 3.05) is 11.9 Å². The molecule has 0 aliphatic carbocycles. The molecule has 2 amide bonds. The first kappa shape index (κ1) is 15.6. The van der Waals surface area contributed by atoms with Crippen molar-refractivity contribution < 1.29 is 4.79 Å². The molecule has 1 saturated heterocycles. The van der Waals surface area contributed by atoms with Gasteiger partial charge in [-0.15, -0.1) is 0 Å². The normalized spacial score (nSPS) is 17.3. The van der Waals surface area contributed by atoms with Crippen LogP contribution in [0.5, 0.6) is 0 Å². The number of nitrogens with zero attached hydrogens (tertiary/aromatic N) is 1. The van der Waals surface area contributed by atoms with Crippen LogP contribution in [-0.4, -0.2) is 17.5 Å². The van der Waals surface area contributed by atoms with Crippen molar-refractivity contribution in [3.63, 3.8) is 0 Å². The molecule has 1 aliphatic heterocycles. The third kappa shape index (κ3) is 3.24. The zero-order chi connectivity index (χ0) is 16.4. The summed E-state index contributed by atoms with van der Waals surface area (Å²) in [5.41, 5.74) is 5.71. The lowest BCUT2D eigenvalue weighted by Crippen LogP contribution is -2.34. The topological polar surface area (TPSA) is 32.3 Å². The summed E-state index contributed by atoms with van der Waals surface area (Å²) in [5, 5.41) is 3.09. The standard InChI is InChI=1S/C20H24N2O/c1-14-7-4-9-17(13-14)19-11-6-12-22(19)20(23)21-18-10-5-8-15(2)16(18)3/h4-5,7-10,13,19H,6,11-12H2,1-3H3,(H,21,23)/t19-/m0/s1. The second-order valence-corrected chi connectivity index (χ2v) is 6.44. The van der Waals surface area contributed by atoms with Gasteiger partial charge in [0.1, 0.15) is 0 Å². The Morgan fingerprint density at radius 1 is 1.13 bits per heavy atom. The van der Waals surface area contributed by atoms with Gasteiger partial charge >= 0.3 is 6.03 Å². The third-order valence-electron chi connectivity index (χ3n) is 4.79. The minimum atomic E-state index is 0.00251. The van der Waals surface area contributed by atoms with Gasteiger partial charge in [-0.25, -0.2) is 4.79 Å². The largest absolute Gasteiger partial charge is 0.322 e. The molecule has 1 heterocycles. The van der Waals surface area contributed by atoms with E-state index in [1.165, 1.54) is 16.7 Å². The molecule has 0 bridgehead atoms. The predicted molar refractivity (Wildman–Crippen MR) is 94.8 cm³/mol. The summed E-state index contributed by atoms with van der Waals surface area (Å²) in [6, 6.07) is 14.7. The fraction of sp³-hybridized carbons (Fsp3) is 0.350. The van der Waals surface area contributed by atoms with Gasteiger partial charge in [0.25, 0.3) is 0 Å². The zero-order valence-corrected chi connectivity index (χ0v) is 14.1. The Bertz CT molecular complexity index is 723. The highest BCUT2D eigenvalue weighted by atomic mass is 16.2. The molecular weight excluding hydrogens is 284 g/mol. The summed E-state index contributed by atoms with van der Waals surface area (Å²) in [4.78, 5) is 14.7. The number of benzene rings is 2. The van der Waals surface area contributed by atoms with Crippen molar-refractivity contribution in [2.24, 2.45) is 0 Å². The van der Waals surface area contributed by atoms with Gasteiger partial charge in [-0.1, -0.05) is 42.0 Å². The van der Waals surface area contributed by atoms with Crippen LogP contribution in [0.1, 0.15) is 41.1 Å². The van der Waals surface area contributed by atoms with E-state index in [-0.39, 0.29) is 12.1 Å². The van der Waals surface area contributed by atoms with Gasteiger partial charge in [0.15, 0.2) is 0 Å². The van der Waals surface area contributed by atoms with Gasteiger partial charge in [0.2, 0.25) is 0 Å². The van der Waals surface area contributed by atoms with Crippen LogP contribution in [0.4, 0.5) is 10.5 Å². The number of carbonyl (C=O) groups excluding carboxylic acids is 1. The molecule has 1 N–H and O–H groups in total. The fourth-order valence-electron chi connectivity index (χ4n) is 3.31. The van der Waals surface area contributed by atoms with Gasteiger partial charge in [-0.2, -0.15) is 0 Å². The van der Waals surface area contributed by atoms with Gasteiger partial charge in [0.05, 0.1) is 6.04 Å². The lowest BCUT2D eigenvalue weighted by atomic mass is 10.0. The number of carbonyl (C=O) groups is 1. The Labute approximate surface area is 138 Å². The molecule has 23 heavy (non-hydrogen) atoms. The highest BCUT2D eigenvalue weighted by Gasteiger charge is 2.30. The average Bonchev–Trinajstić information content (AvgIpc) is 3.01. The van der Waals surface area contributed by atoms with Crippen LogP contribution in [0.15, 0.2) is 42.5 Å². The molecule has 2 aromatic carbocycles. The Balaban J connectivity index is 1.80. The van der Waals surface area contributed by atoms with Crippen molar-refractivity contribution in [2.45, 2.75) is 39.7 Å². The SMILES string of the molecule is Cc1cccc([C@@H]2CCCN2C(=O)Nc2cccc(C)c2C)c1. The maximum Gasteiger partial charge on any atom is 0.322 e. The van der Waals surface area contributed by atoms with Crippen LogP contribution in [0.25, 0.3) is 0 Å². The molecule has 3 rings (SSSR count). The first-order chi connectivity index (χ1) is 11.1. The van der Waals surface area contributed by atoms with Crippen LogP contribution in [0.2, 0.25) is 0 Å². The lowest BCUT2D eigenvalue weighted by molar-refractivity contribution is 0.207. The van der Waals surface area contributed by atoms with Gasteiger partial charge in [-0.3, -0.25) is 0 Å². The Kier molecular flexibility index (Phi) is 4.37. The van der Waals surface area contributed by atoms with E-state index in [0.717, 1.165) is 30.6 Å². The lowest BCUT2D eigenvalue weighted by Gasteiger charge is -2.26. The maximum atomic E-state index is 12.8. The molecule has 2 aromatic rings. The monoisotopic (exact) mass is 308 g/mol. The summed E-state index contributed by atoms with van der Waals surface area (Å²) in [6.07, 6.45) is 2.09. The molecule has 1 aliphatic rings. The van der Waals surface area contributed by atoms with Gasteiger partial charge in [0, 0.05) is 12.2 Å². The number of rotatable bonds is 2. The molecule has 0 spiro atoms. The maximum absolute atomic E-state index is 12.8. The Morgan fingerprint density at radius 2 is 1.91 bits per heavy atom. The van der Waals surface area contributed by atoms with E-state index >= 15 is 0 Å². The van der Waals surface area contributed by atoms with Crippen molar-refractivity contribution in [3.05, 3.63) is 64.7 Å². The smallest absolute Gasteiger partial charge is 0.317 e. The average molecular weight is 308 g/mol. The quantitative estimate of drug-likeness (QED) is 0.833. The van der Waals surface area contributed by atoms with E-state index in [2.05, 4.69) is 49.5 Å². The highest BCUT2D eigenvalue weighted by Crippen LogP contribution is 2.33. The molecule has 0 unspecified atom stereocenters. The number of anilines is 1. The van der Waals surface area contributed by atoms with Crippen molar-refractivity contribution in [3.8, 4) is 0 Å². The minimum absolute atomic E-state index is 0.00251. The summed E-state index contributed by atoms with van der Waals surface area (Å²) in [7, 11) is 0. The Hall–Kier alpha value is -2.29. The van der Waals surface area contributed by atoms with E-state index in [1.54, 1.807) is 0 Å². The second-order valence-electron chi connectivity index (χ2n) is 6.44. The molecule has 0 radical (unpaired) electrons. The molecule has 0 saturated carbocycles. The van der Waals surface area contributed by atoms with E-state index in [9.17, 15) is 4.79 Å². The molecule has 0 aromatic heterocycles. The molecule has 1 atom stereocenters. The number of urea groups is 1. The van der Waals surface area contributed by atoms with Gasteiger partial charge in [-0.05, 0) is 56.4 Å². The molecule has 1 fully saturated rings. The first-order valence-electron chi connectivity index (χ1n) is 8.26. The summed E-state index contributed by atoms with van der Waals surface area (Å²) < 4.78 is 0.